The number of fused-ring (bicyclic) bond motifs is 1. The van der Waals surface area contributed by atoms with Crippen LogP contribution >= 0.6 is 0 Å². The minimum atomic E-state index is -0.480. The zero-order valence-corrected chi connectivity index (χ0v) is 11.8. The molecule has 22 heavy (non-hydrogen) atoms. The number of nitrogens with zero attached hydrogens (tertiary/aromatic N) is 4. The van der Waals surface area contributed by atoms with Crippen molar-refractivity contribution in [1.82, 2.24) is 9.97 Å². The first-order valence-electron chi connectivity index (χ1n) is 6.65. The van der Waals surface area contributed by atoms with Crippen LogP contribution in [0.3, 0.4) is 0 Å². The van der Waals surface area contributed by atoms with Crippen LogP contribution < -0.4 is 10.5 Å². The lowest BCUT2D eigenvalue weighted by Gasteiger charge is -2.19. The molecule has 0 spiro atoms. The normalized spacial score (nSPS) is 23.2. The number of hydrogen-bond acceptors (Lipinski definition) is 7. The molecule has 0 bridgehead atoms. The molecule has 7 nitrogen and oxygen atoms in total. The second kappa shape index (κ2) is 5.92. The summed E-state index contributed by atoms with van der Waals surface area (Å²) in [6.45, 7) is 0. The standard InChI is InChI=1S/C14H14FN5O2/c1-21-20-6-9-13(16)18-7-19-14(9)22-12-4-8-2-3-17-11(8)5-10(12)15/h3-8,11H,2H2,1H3,(H2,16,18,19). The van der Waals surface area contributed by atoms with Gasteiger partial charge in [0, 0.05) is 12.1 Å². The maximum Gasteiger partial charge on any atom is 0.233 e. The predicted molar refractivity (Wildman–Crippen MR) is 79.3 cm³/mol. The minimum absolute atomic E-state index is 0.0944. The van der Waals surface area contributed by atoms with Gasteiger partial charge >= 0.3 is 0 Å². The first-order chi connectivity index (χ1) is 10.7. The molecule has 0 saturated carbocycles. The van der Waals surface area contributed by atoms with E-state index in [1.165, 1.54) is 25.7 Å². The molecule has 2 aliphatic rings. The highest BCUT2D eigenvalue weighted by Gasteiger charge is 2.28. The number of allylic oxidation sites excluding steroid dienone is 1. The van der Waals surface area contributed by atoms with Crippen LogP contribution in [0.2, 0.25) is 0 Å². The second-order valence-electron chi connectivity index (χ2n) is 4.76. The van der Waals surface area contributed by atoms with Gasteiger partial charge in [-0.25, -0.2) is 14.4 Å². The number of aliphatic imine (C=N–C) groups is 1. The van der Waals surface area contributed by atoms with Gasteiger partial charge in [0.1, 0.15) is 24.8 Å². The van der Waals surface area contributed by atoms with E-state index < -0.39 is 5.83 Å². The highest BCUT2D eigenvalue weighted by Crippen LogP contribution is 2.32. The Hall–Kier alpha value is -2.77. The molecule has 1 aliphatic heterocycles. The van der Waals surface area contributed by atoms with Crippen molar-refractivity contribution in [2.24, 2.45) is 16.1 Å². The summed E-state index contributed by atoms with van der Waals surface area (Å²) in [7, 11) is 1.39. The first-order valence-corrected chi connectivity index (χ1v) is 6.65. The Morgan fingerprint density at radius 3 is 3.09 bits per heavy atom. The van der Waals surface area contributed by atoms with E-state index >= 15 is 0 Å². The number of aromatic nitrogens is 2. The van der Waals surface area contributed by atoms with Crippen molar-refractivity contribution in [2.45, 2.75) is 12.5 Å². The van der Waals surface area contributed by atoms with Crippen LogP contribution in [0.1, 0.15) is 12.0 Å². The first kappa shape index (κ1) is 14.2. The summed E-state index contributed by atoms with van der Waals surface area (Å²) in [5.74, 6) is -0.0112. The van der Waals surface area contributed by atoms with Crippen molar-refractivity contribution in [3.63, 3.8) is 0 Å². The summed E-state index contributed by atoms with van der Waals surface area (Å²) in [6, 6.07) is -0.155. The Kier molecular flexibility index (Phi) is 3.82. The molecule has 2 unspecified atom stereocenters. The average molecular weight is 303 g/mol. The number of anilines is 1. The lowest BCUT2D eigenvalue weighted by molar-refractivity contribution is 0.215. The van der Waals surface area contributed by atoms with E-state index in [-0.39, 0.29) is 29.4 Å². The average Bonchev–Trinajstić information content (AvgIpc) is 2.94. The molecule has 8 heteroatoms. The fourth-order valence-electron chi connectivity index (χ4n) is 2.28. The van der Waals surface area contributed by atoms with Crippen molar-refractivity contribution in [3.8, 4) is 5.88 Å². The minimum Gasteiger partial charge on any atom is -0.435 e. The maximum atomic E-state index is 14.1. The molecule has 2 heterocycles. The Balaban J connectivity index is 1.89. The van der Waals surface area contributed by atoms with E-state index in [1.807, 2.05) is 0 Å². The largest absolute Gasteiger partial charge is 0.435 e. The SMILES string of the molecule is CON=Cc1c(N)ncnc1OC1=CC2CC=NC2C=C1F. The molecule has 0 amide bonds. The van der Waals surface area contributed by atoms with Gasteiger partial charge in [0.15, 0.2) is 11.6 Å². The molecule has 0 saturated heterocycles. The number of rotatable bonds is 4. The Morgan fingerprint density at radius 1 is 1.41 bits per heavy atom. The third-order valence-electron chi connectivity index (χ3n) is 3.38. The number of ether oxygens (including phenoxy) is 1. The molecule has 3 rings (SSSR count). The van der Waals surface area contributed by atoms with Crippen molar-refractivity contribution < 1.29 is 14.0 Å². The van der Waals surface area contributed by atoms with Crippen LogP contribution in [0.4, 0.5) is 10.2 Å². The van der Waals surface area contributed by atoms with Gasteiger partial charge in [-0.05, 0) is 18.6 Å². The lowest BCUT2D eigenvalue weighted by atomic mass is 9.94. The summed E-state index contributed by atoms with van der Waals surface area (Å²) >= 11 is 0. The summed E-state index contributed by atoms with van der Waals surface area (Å²) in [4.78, 5) is 16.6. The van der Waals surface area contributed by atoms with Crippen LogP contribution in [-0.4, -0.2) is 35.5 Å². The van der Waals surface area contributed by atoms with Crippen molar-refractivity contribution in [1.29, 1.82) is 0 Å². The third kappa shape index (κ3) is 2.67. The monoisotopic (exact) mass is 303 g/mol. The molecule has 0 aromatic carbocycles. The molecule has 114 valence electrons. The maximum absolute atomic E-state index is 14.1. The van der Waals surface area contributed by atoms with Gasteiger partial charge < -0.3 is 15.3 Å². The summed E-state index contributed by atoms with van der Waals surface area (Å²) in [5, 5.41) is 3.62. The van der Waals surface area contributed by atoms with Gasteiger partial charge in [0.2, 0.25) is 5.88 Å². The Bertz CT molecular complexity index is 698. The highest BCUT2D eigenvalue weighted by molar-refractivity contribution is 5.88. The fraction of sp³-hybridized carbons (Fsp3) is 0.286. The van der Waals surface area contributed by atoms with Gasteiger partial charge in [0.25, 0.3) is 0 Å². The van der Waals surface area contributed by atoms with E-state index in [1.54, 1.807) is 12.3 Å². The predicted octanol–water partition coefficient (Wildman–Crippen LogP) is 1.63. The van der Waals surface area contributed by atoms with Crippen LogP contribution in [0.25, 0.3) is 0 Å². The van der Waals surface area contributed by atoms with Crippen molar-refractivity contribution >= 4 is 18.2 Å². The number of nitrogens with two attached hydrogens (primary N) is 1. The second-order valence-corrected chi connectivity index (χ2v) is 4.76. The van der Waals surface area contributed by atoms with E-state index in [2.05, 4.69) is 25.0 Å². The van der Waals surface area contributed by atoms with Gasteiger partial charge in [-0.15, -0.1) is 0 Å². The molecule has 1 aromatic rings. The topological polar surface area (TPSA) is 95.0 Å². The number of hydrogen-bond donors (Lipinski definition) is 1. The number of oxime groups is 1. The quantitative estimate of drug-likeness (QED) is 0.673. The third-order valence-corrected chi connectivity index (χ3v) is 3.38. The van der Waals surface area contributed by atoms with E-state index in [9.17, 15) is 4.39 Å². The Morgan fingerprint density at radius 2 is 2.27 bits per heavy atom. The molecular formula is C14H14FN5O2. The van der Waals surface area contributed by atoms with Crippen molar-refractivity contribution in [2.75, 3.05) is 12.8 Å². The zero-order chi connectivity index (χ0) is 15.5. The van der Waals surface area contributed by atoms with Gasteiger partial charge in [-0.3, -0.25) is 4.99 Å². The molecule has 1 aliphatic carbocycles. The smallest absolute Gasteiger partial charge is 0.233 e. The van der Waals surface area contributed by atoms with Crippen LogP contribution in [0.15, 0.2) is 40.2 Å². The van der Waals surface area contributed by atoms with Gasteiger partial charge in [-0.1, -0.05) is 5.16 Å². The molecule has 0 fully saturated rings. The van der Waals surface area contributed by atoms with Gasteiger partial charge in [0.05, 0.1) is 12.3 Å². The zero-order valence-electron chi connectivity index (χ0n) is 11.8. The Labute approximate surface area is 126 Å². The van der Waals surface area contributed by atoms with E-state index in [4.69, 9.17) is 10.5 Å². The van der Waals surface area contributed by atoms with E-state index in [0.717, 1.165) is 6.42 Å². The number of halogens is 1. The molecule has 2 N–H and O–H groups in total. The summed E-state index contributed by atoms with van der Waals surface area (Å²) in [6.07, 6.45) is 8.25. The van der Waals surface area contributed by atoms with Gasteiger partial charge in [-0.2, -0.15) is 0 Å². The van der Waals surface area contributed by atoms with Crippen LogP contribution in [0, 0.1) is 5.92 Å². The van der Waals surface area contributed by atoms with Crippen LogP contribution in [0.5, 0.6) is 5.88 Å². The van der Waals surface area contributed by atoms with E-state index in [0.29, 0.717) is 5.56 Å². The molecule has 2 atom stereocenters. The fourth-order valence-corrected chi connectivity index (χ4v) is 2.28. The molecular weight excluding hydrogens is 289 g/mol. The number of nitrogen functional groups attached to an aromatic ring is 1. The summed E-state index contributed by atoms with van der Waals surface area (Å²) < 4.78 is 19.7. The lowest BCUT2D eigenvalue weighted by Crippen LogP contribution is -2.17. The highest BCUT2D eigenvalue weighted by atomic mass is 19.1. The van der Waals surface area contributed by atoms with Crippen molar-refractivity contribution in [3.05, 3.63) is 35.6 Å². The van der Waals surface area contributed by atoms with Crippen LogP contribution in [-0.2, 0) is 4.84 Å². The summed E-state index contributed by atoms with van der Waals surface area (Å²) in [5.41, 5.74) is 6.08. The molecule has 0 radical (unpaired) electrons. The molecule has 1 aromatic heterocycles.